The van der Waals surface area contributed by atoms with E-state index in [4.69, 9.17) is 10.5 Å². The second-order valence-corrected chi connectivity index (χ2v) is 4.11. The molecule has 1 unspecified atom stereocenters. The molecule has 0 radical (unpaired) electrons. The van der Waals surface area contributed by atoms with Gasteiger partial charge in [-0.1, -0.05) is 13.3 Å². The summed E-state index contributed by atoms with van der Waals surface area (Å²) in [5.74, 6) is 0. The number of amides is 1. The van der Waals surface area contributed by atoms with Crippen LogP contribution >= 0.6 is 0 Å². The second-order valence-electron chi connectivity index (χ2n) is 4.11. The third kappa shape index (κ3) is 7.59. The molecule has 0 saturated heterocycles. The standard InChI is InChI=1S/C9H20N2O2/c1-5-6-7(10)13-8(12)11-9(2,3)4/h7H,5-6,10H2,1-4H3,(H,11,12). The molecule has 13 heavy (non-hydrogen) atoms. The summed E-state index contributed by atoms with van der Waals surface area (Å²) in [6.07, 6.45) is 0.655. The summed E-state index contributed by atoms with van der Waals surface area (Å²) in [7, 11) is 0. The number of nitrogens with one attached hydrogen (secondary N) is 1. The summed E-state index contributed by atoms with van der Waals surface area (Å²) in [6.45, 7) is 7.66. The van der Waals surface area contributed by atoms with E-state index >= 15 is 0 Å². The molecule has 0 aliphatic carbocycles. The van der Waals surface area contributed by atoms with Gasteiger partial charge in [0.15, 0.2) is 6.23 Å². The zero-order chi connectivity index (χ0) is 10.5. The lowest BCUT2D eigenvalue weighted by atomic mass is 10.1. The Morgan fingerprint density at radius 2 is 2.08 bits per heavy atom. The van der Waals surface area contributed by atoms with Gasteiger partial charge in [-0.3, -0.25) is 5.73 Å². The number of ether oxygens (including phenoxy) is 1. The van der Waals surface area contributed by atoms with Gasteiger partial charge < -0.3 is 10.1 Å². The Bertz CT molecular complexity index is 163. The van der Waals surface area contributed by atoms with E-state index in [2.05, 4.69) is 5.32 Å². The number of hydrogen-bond acceptors (Lipinski definition) is 3. The van der Waals surface area contributed by atoms with Crippen molar-refractivity contribution in [2.24, 2.45) is 5.73 Å². The Morgan fingerprint density at radius 3 is 2.46 bits per heavy atom. The average molecular weight is 188 g/mol. The summed E-state index contributed by atoms with van der Waals surface area (Å²) >= 11 is 0. The third-order valence-corrected chi connectivity index (χ3v) is 1.31. The van der Waals surface area contributed by atoms with Gasteiger partial charge in [-0.05, 0) is 27.2 Å². The Morgan fingerprint density at radius 1 is 1.54 bits per heavy atom. The minimum atomic E-state index is -0.493. The maximum absolute atomic E-state index is 11.1. The summed E-state index contributed by atoms with van der Waals surface area (Å²) in [5.41, 5.74) is 5.25. The van der Waals surface area contributed by atoms with Crippen LogP contribution in [0.1, 0.15) is 40.5 Å². The first-order valence-electron chi connectivity index (χ1n) is 4.59. The van der Waals surface area contributed by atoms with Gasteiger partial charge >= 0.3 is 6.09 Å². The van der Waals surface area contributed by atoms with Crippen LogP contribution in [0.3, 0.4) is 0 Å². The first kappa shape index (κ1) is 12.2. The number of rotatable bonds is 3. The molecule has 3 N–H and O–H groups in total. The van der Waals surface area contributed by atoms with Gasteiger partial charge in [-0.25, -0.2) is 4.79 Å². The van der Waals surface area contributed by atoms with Crippen molar-refractivity contribution in [3.05, 3.63) is 0 Å². The maximum Gasteiger partial charge on any atom is 0.409 e. The predicted octanol–water partition coefficient (Wildman–Crippen LogP) is 1.60. The predicted molar refractivity (Wildman–Crippen MR) is 52.3 cm³/mol. The van der Waals surface area contributed by atoms with Crippen LogP contribution < -0.4 is 11.1 Å². The van der Waals surface area contributed by atoms with Gasteiger partial charge in [0.05, 0.1) is 0 Å². The summed E-state index contributed by atoms with van der Waals surface area (Å²) in [6, 6.07) is 0. The topological polar surface area (TPSA) is 64.3 Å². The highest BCUT2D eigenvalue weighted by atomic mass is 16.6. The van der Waals surface area contributed by atoms with E-state index in [0.717, 1.165) is 6.42 Å². The molecule has 0 aliphatic heterocycles. The van der Waals surface area contributed by atoms with Crippen LogP contribution in [0.4, 0.5) is 4.79 Å². The Hall–Kier alpha value is -0.770. The quantitative estimate of drug-likeness (QED) is 0.661. The highest BCUT2D eigenvalue weighted by Crippen LogP contribution is 2.01. The molecule has 4 nitrogen and oxygen atoms in total. The lowest BCUT2D eigenvalue weighted by molar-refractivity contribution is 0.0894. The molecule has 0 aromatic heterocycles. The van der Waals surface area contributed by atoms with E-state index < -0.39 is 12.3 Å². The van der Waals surface area contributed by atoms with Gasteiger partial charge in [-0.15, -0.1) is 0 Å². The van der Waals surface area contributed by atoms with Crippen molar-refractivity contribution in [2.45, 2.75) is 52.3 Å². The molecule has 78 valence electrons. The minimum absolute atomic E-state index is 0.275. The first-order chi connectivity index (χ1) is 5.85. The zero-order valence-corrected chi connectivity index (χ0v) is 8.89. The van der Waals surface area contributed by atoms with Crippen molar-refractivity contribution in [3.63, 3.8) is 0 Å². The monoisotopic (exact) mass is 188 g/mol. The normalized spacial score (nSPS) is 13.6. The fourth-order valence-electron chi connectivity index (χ4n) is 0.817. The SMILES string of the molecule is CCCC(N)OC(=O)NC(C)(C)C. The molecule has 0 spiro atoms. The van der Waals surface area contributed by atoms with Crippen LogP contribution in [-0.4, -0.2) is 17.9 Å². The van der Waals surface area contributed by atoms with Gasteiger partial charge in [0.25, 0.3) is 0 Å². The molecule has 0 fully saturated rings. The molecule has 1 atom stereocenters. The van der Waals surface area contributed by atoms with Crippen LogP contribution in [-0.2, 0) is 4.74 Å². The molecule has 0 aromatic rings. The van der Waals surface area contributed by atoms with E-state index in [0.29, 0.717) is 6.42 Å². The molecule has 4 heteroatoms. The number of hydrogen-bond donors (Lipinski definition) is 2. The lowest BCUT2D eigenvalue weighted by Crippen LogP contribution is -2.43. The Kier molecular flexibility index (Phi) is 4.77. The lowest BCUT2D eigenvalue weighted by Gasteiger charge is -2.21. The first-order valence-corrected chi connectivity index (χ1v) is 4.59. The molecule has 1 amide bonds. The largest absolute Gasteiger partial charge is 0.431 e. The van der Waals surface area contributed by atoms with Crippen molar-refractivity contribution < 1.29 is 9.53 Å². The molecule has 0 saturated carbocycles. The Labute approximate surface area is 79.8 Å². The number of alkyl carbamates (subject to hydrolysis) is 1. The zero-order valence-electron chi connectivity index (χ0n) is 8.89. The van der Waals surface area contributed by atoms with E-state index in [1.165, 1.54) is 0 Å². The van der Waals surface area contributed by atoms with E-state index in [1.54, 1.807) is 0 Å². The van der Waals surface area contributed by atoms with Gasteiger partial charge in [0.2, 0.25) is 0 Å². The Balaban J connectivity index is 3.74. The van der Waals surface area contributed by atoms with Crippen LogP contribution in [0, 0.1) is 0 Å². The minimum Gasteiger partial charge on any atom is -0.431 e. The van der Waals surface area contributed by atoms with Crippen LogP contribution in [0.5, 0.6) is 0 Å². The molecular formula is C9H20N2O2. The third-order valence-electron chi connectivity index (χ3n) is 1.31. The summed E-state index contributed by atoms with van der Waals surface area (Å²) in [5, 5.41) is 2.67. The highest BCUT2D eigenvalue weighted by molar-refractivity contribution is 5.68. The molecule has 0 rings (SSSR count). The summed E-state index contributed by atoms with van der Waals surface area (Å²) < 4.78 is 4.89. The van der Waals surface area contributed by atoms with Gasteiger partial charge in [-0.2, -0.15) is 0 Å². The van der Waals surface area contributed by atoms with Crippen LogP contribution in [0.25, 0.3) is 0 Å². The number of carbonyl (C=O) groups excluding carboxylic acids is 1. The highest BCUT2D eigenvalue weighted by Gasteiger charge is 2.16. The van der Waals surface area contributed by atoms with Crippen LogP contribution in [0.15, 0.2) is 0 Å². The molecule has 0 aromatic carbocycles. The average Bonchev–Trinajstić information content (AvgIpc) is 1.81. The molecule has 0 bridgehead atoms. The van der Waals surface area contributed by atoms with Crippen molar-refractivity contribution in [1.82, 2.24) is 5.32 Å². The molecule has 0 aliphatic rings. The van der Waals surface area contributed by atoms with Gasteiger partial charge in [0.1, 0.15) is 0 Å². The smallest absolute Gasteiger partial charge is 0.409 e. The van der Waals surface area contributed by atoms with Gasteiger partial charge in [0, 0.05) is 5.54 Å². The molecular weight excluding hydrogens is 168 g/mol. The van der Waals surface area contributed by atoms with Crippen molar-refractivity contribution in [3.8, 4) is 0 Å². The maximum atomic E-state index is 11.1. The second kappa shape index (κ2) is 5.07. The van der Waals surface area contributed by atoms with Crippen LogP contribution in [0.2, 0.25) is 0 Å². The van der Waals surface area contributed by atoms with Crippen molar-refractivity contribution in [2.75, 3.05) is 0 Å². The van der Waals surface area contributed by atoms with E-state index in [9.17, 15) is 4.79 Å². The summed E-state index contributed by atoms with van der Waals surface area (Å²) in [4.78, 5) is 11.1. The van der Waals surface area contributed by atoms with E-state index in [1.807, 2.05) is 27.7 Å². The fourth-order valence-corrected chi connectivity index (χ4v) is 0.817. The fraction of sp³-hybridized carbons (Fsp3) is 0.889. The number of nitrogens with two attached hydrogens (primary N) is 1. The van der Waals surface area contributed by atoms with E-state index in [-0.39, 0.29) is 5.54 Å². The molecule has 0 heterocycles. The number of carbonyl (C=O) groups is 1. The van der Waals surface area contributed by atoms with Crippen molar-refractivity contribution >= 4 is 6.09 Å². The van der Waals surface area contributed by atoms with Crippen molar-refractivity contribution in [1.29, 1.82) is 0 Å².